The molecule has 0 amide bonds. The fourth-order valence-corrected chi connectivity index (χ4v) is 2.27. The Kier molecular flexibility index (Phi) is 3.49. The molecular formula is C14H17N5O2. The van der Waals surface area contributed by atoms with Gasteiger partial charge in [0.25, 0.3) is 0 Å². The number of nitrogen functional groups attached to an aromatic ring is 1. The van der Waals surface area contributed by atoms with Gasteiger partial charge in [0.05, 0.1) is 0 Å². The van der Waals surface area contributed by atoms with Crippen molar-refractivity contribution in [1.29, 1.82) is 0 Å². The zero-order valence-corrected chi connectivity index (χ0v) is 11.9. The van der Waals surface area contributed by atoms with Crippen LogP contribution in [0.5, 0.6) is 11.5 Å². The summed E-state index contributed by atoms with van der Waals surface area (Å²) in [5.74, 6) is 8.53. The number of nitrogens with one attached hydrogen (secondary N) is 2. The Morgan fingerprint density at radius 3 is 2.67 bits per heavy atom. The van der Waals surface area contributed by atoms with Crippen LogP contribution in [0.3, 0.4) is 0 Å². The third kappa shape index (κ3) is 2.55. The molecule has 1 aliphatic rings. The second kappa shape index (κ2) is 5.45. The highest BCUT2D eigenvalue weighted by Gasteiger charge is 2.17. The average molecular weight is 287 g/mol. The van der Waals surface area contributed by atoms with Crippen LogP contribution >= 0.6 is 0 Å². The van der Waals surface area contributed by atoms with E-state index in [9.17, 15) is 0 Å². The third-order valence-electron chi connectivity index (χ3n) is 3.23. The second-order valence-corrected chi connectivity index (χ2v) is 4.98. The molecule has 2 heterocycles. The van der Waals surface area contributed by atoms with Crippen molar-refractivity contribution < 1.29 is 9.47 Å². The van der Waals surface area contributed by atoms with Crippen LogP contribution in [-0.2, 0) is 0 Å². The van der Waals surface area contributed by atoms with Crippen molar-refractivity contribution in [1.82, 2.24) is 9.97 Å². The molecule has 4 N–H and O–H groups in total. The van der Waals surface area contributed by atoms with Gasteiger partial charge >= 0.3 is 0 Å². The van der Waals surface area contributed by atoms with E-state index in [-0.39, 0.29) is 12.7 Å². The normalized spacial score (nSPS) is 12.6. The van der Waals surface area contributed by atoms with Gasteiger partial charge in [-0.3, -0.25) is 0 Å². The highest BCUT2D eigenvalue weighted by molar-refractivity contribution is 5.67. The number of nitrogens with two attached hydrogens (primary N) is 1. The molecule has 110 valence electrons. The number of anilines is 3. The summed E-state index contributed by atoms with van der Waals surface area (Å²) in [7, 11) is 0. The topological polar surface area (TPSA) is 94.3 Å². The zero-order valence-electron chi connectivity index (χ0n) is 11.9. The van der Waals surface area contributed by atoms with Gasteiger partial charge in [0.1, 0.15) is 18.0 Å². The summed E-state index contributed by atoms with van der Waals surface area (Å²) in [5, 5.41) is 3.28. The van der Waals surface area contributed by atoms with Gasteiger partial charge in [-0.1, -0.05) is 13.8 Å². The van der Waals surface area contributed by atoms with Crippen LogP contribution in [-0.4, -0.2) is 16.8 Å². The summed E-state index contributed by atoms with van der Waals surface area (Å²) in [5.41, 5.74) is 4.40. The number of hydrogen-bond donors (Lipinski definition) is 3. The van der Waals surface area contributed by atoms with Gasteiger partial charge in [0.2, 0.25) is 6.79 Å². The molecule has 0 saturated carbocycles. The first-order chi connectivity index (χ1) is 10.2. The summed E-state index contributed by atoms with van der Waals surface area (Å²) in [6.07, 6.45) is 1.47. The first-order valence-electron chi connectivity index (χ1n) is 6.67. The molecule has 1 aromatic heterocycles. The molecule has 21 heavy (non-hydrogen) atoms. The molecule has 0 unspecified atom stereocenters. The van der Waals surface area contributed by atoms with Gasteiger partial charge in [0.15, 0.2) is 11.5 Å². The van der Waals surface area contributed by atoms with Crippen LogP contribution in [0.4, 0.5) is 17.3 Å². The lowest BCUT2D eigenvalue weighted by molar-refractivity contribution is 0.174. The fourth-order valence-electron chi connectivity index (χ4n) is 2.27. The quantitative estimate of drug-likeness (QED) is 0.587. The Bertz CT molecular complexity index is 660. The minimum Gasteiger partial charge on any atom is -0.454 e. The van der Waals surface area contributed by atoms with E-state index in [1.54, 1.807) is 0 Å². The second-order valence-electron chi connectivity index (χ2n) is 4.98. The van der Waals surface area contributed by atoms with Crippen LogP contribution in [0, 0.1) is 0 Å². The fraction of sp³-hybridized carbons (Fsp3) is 0.286. The zero-order chi connectivity index (χ0) is 14.8. The van der Waals surface area contributed by atoms with Gasteiger partial charge in [-0.25, -0.2) is 15.8 Å². The SMILES string of the molecule is CC(C)c1c(NN)ncnc1Nc1ccc2c(c1)OCO2. The molecule has 0 aliphatic carbocycles. The number of nitrogens with zero attached hydrogens (tertiary/aromatic N) is 2. The number of hydrazine groups is 1. The molecule has 0 radical (unpaired) electrons. The number of hydrogen-bond acceptors (Lipinski definition) is 7. The Morgan fingerprint density at radius 1 is 1.14 bits per heavy atom. The Labute approximate surface area is 122 Å². The summed E-state index contributed by atoms with van der Waals surface area (Å²) >= 11 is 0. The van der Waals surface area contributed by atoms with Crippen molar-refractivity contribution in [3.05, 3.63) is 30.1 Å². The van der Waals surface area contributed by atoms with E-state index in [2.05, 4.69) is 34.6 Å². The molecular weight excluding hydrogens is 270 g/mol. The predicted octanol–water partition coefficient (Wildman–Crippen LogP) is 2.36. The molecule has 0 saturated heterocycles. The van der Waals surface area contributed by atoms with Crippen molar-refractivity contribution >= 4 is 17.3 Å². The summed E-state index contributed by atoms with van der Waals surface area (Å²) in [4.78, 5) is 8.45. The number of fused-ring (bicyclic) bond motifs is 1. The maximum atomic E-state index is 5.52. The van der Waals surface area contributed by atoms with E-state index in [1.807, 2.05) is 18.2 Å². The average Bonchev–Trinajstić information content (AvgIpc) is 2.94. The Morgan fingerprint density at radius 2 is 1.90 bits per heavy atom. The molecule has 7 nitrogen and oxygen atoms in total. The van der Waals surface area contributed by atoms with Gasteiger partial charge in [-0.15, -0.1) is 0 Å². The molecule has 1 aliphatic heterocycles. The third-order valence-corrected chi connectivity index (χ3v) is 3.23. The molecule has 0 spiro atoms. The molecule has 0 fully saturated rings. The Balaban J connectivity index is 1.94. The minimum absolute atomic E-state index is 0.216. The summed E-state index contributed by atoms with van der Waals surface area (Å²) < 4.78 is 10.7. The molecule has 0 atom stereocenters. The van der Waals surface area contributed by atoms with Crippen molar-refractivity contribution in [2.24, 2.45) is 5.84 Å². The van der Waals surface area contributed by atoms with E-state index in [1.165, 1.54) is 6.33 Å². The molecule has 7 heteroatoms. The van der Waals surface area contributed by atoms with Crippen LogP contribution in [0.2, 0.25) is 0 Å². The van der Waals surface area contributed by atoms with Crippen molar-refractivity contribution in [3.8, 4) is 11.5 Å². The number of rotatable bonds is 4. The van der Waals surface area contributed by atoms with E-state index in [4.69, 9.17) is 15.3 Å². The number of ether oxygens (including phenoxy) is 2. The number of aromatic nitrogens is 2. The smallest absolute Gasteiger partial charge is 0.231 e. The Hall–Kier alpha value is -2.54. The van der Waals surface area contributed by atoms with Gasteiger partial charge in [-0.2, -0.15) is 0 Å². The van der Waals surface area contributed by atoms with Gasteiger partial charge in [0, 0.05) is 17.3 Å². The van der Waals surface area contributed by atoms with E-state index < -0.39 is 0 Å². The highest BCUT2D eigenvalue weighted by atomic mass is 16.7. The van der Waals surface area contributed by atoms with Crippen LogP contribution in [0.1, 0.15) is 25.3 Å². The lowest BCUT2D eigenvalue weighted by Crippen LogP contribution is -2.14. The number of benzene rings is 1. The minimum atomic E-state index is 0.216. The highest BCUT2D eigenvalue weighted by Crippen LogP contribution is 2.36. The maximum absolute atomic E-state index is 5.52. The van der Waals surface area contributed by atoms with Crippen LogP contribution in [0.25, 0.3) is 0 Å². The van der Waals surface area contributed by atoms with E-state index >= 15 is 0 Å². The summed E-state index contributed by atoms with van der Waals surface area (Å²) in [6.45, 7) is 4.37. The first-order valence-corrected chi connectivity index (χ1v) is 6.67. The monoisotopic (exact) mass is 287 g/mol. The van der Waals surface area contributed by atoms with E-state index in [0.717, 1.165) is 22.7 Å². The largest absolute Gasteiger partial charge is 0.454 e. The van der Waals surface area contributed by atoms with Crippen molar-refractivity contribution in [2.45, 2.75) is 19.8 Å². The standard InChI is InChI=1S/C14H17N5O2/c1-8(2)12-13(16-6-17-14(12)19-15)18-9-3-4-10-11(5-9)21-7-20-10/h3-6,8H,7,15H2,1-2H3,(H2,16,17,18,19). The predicted molar refractivity (Wildman–Crippen MR) is 79.8 cm³/mol. The van der Waals surface area contributed by atoms with Crippen LogP contribution in [0.15, 0.2) is 24.5 Å². The molecule has 2 aromatic rings. The first kappa shape index (κ1) is 13.4. The van der Waals surface area contributed by atoms with Crippen molar-refractivity contribution in [2.75, 3.05) is 17.5 Å². The van der Waals surface area contributed by atoms with E-state index in [0.29, 0.717) is 11.6 Å². The van der Waals surface area contributed by atoms with Crippen molar-refractivity contribution in [3.63, 3.8) is 0 Å². The summed E-state index contributed by atoms with van der Waals surface area (Å²) in [6, 6.07) is 5.66. The van der Waals surface area contributed by atoms with Gasteiger partial charge < -0.3 is 20.2 Å². The lowest BCUT2D eigenvalue weighted by Gasteiger charge is -2.16. The lowest BCUT2D eigenvalue weighted by atomic mass is 10.0. The van der Waals surface area contributed by atoms with Crippen LogP contribution < -0.4 is 26.1 Å². The maximum Gasteiger partial charge on any atom is 0.231 e. The molecule has 3 rings (SSSR count). The molecule has 1 aromatic carbocycles. The molecule has 0 bridgehead atoms. The van der Waals surface area contributed by atoms with Gasteiger partial charge in [-0.05, 0) is 18.1 Å².